The van der Waals surface area contributed by atoms with Crippen LogP contribution in [-0.2, 0) is 52.5 Å². The van der Waals surface area contributed by atoms with Gasteiger partial charge in [-0.25, -0.2) is 4.79 Å². The second-order valence-corrected chi connectivity index (χ2v) is 14.7. The Morgan fingerprint density at radius 3 is 1.32 bits per heavy atom. The second kappa shape index (κ2) is 40.5. The number of carbonyl (C=O) groups excluding carboxylic acids is 4. The van der Waals surface area contributed by atoms with E-state index >= 15 is 0 Å². The molecule has 9 N–H and O–H groups in total. The molecule has 0 aromatic carbocycles. The van der Waals surface area contributed by atoms with Gasteiger partial charge in [-0.1, -0.05) is 77.0 Å². The number of nitrogens with two attached hydrogens (primary N) is 1. The van der Waals surface area contributed by atoms with Crippen LogP contribution in [-0.4, -0.2) is 141 Å². The van der Waals surface area contributed by atoms with Crippen LogP contribution in [0.2, 0.25) is 0 Å². The van der Waals surface area contributed by atoms with E-state index in [9.17, 15) is 38.7 Å². The molecule has 0 aromatic rings. The quantitative estimate of drug-likeness (QED) is 0.0409. The van der Waals surface area contributed by atoms with Crippen LogP contribution in [0.15, 0.2) is 0 Å². The fourth-order valence-electron chi connectivity index (χ4n) is 5.81. The number of rotatable bonds is 44. The van der Waals surface area contributed by atoms with E-state index in [-0.39, 0.29) is 115 Å². The van der Waals surface area contributed by atoms with E-state index in [0.29, 0.717) is 32.2 Å². The van der Waals surface area contributed by atoms with Crippen molar-refractivity contribution in [3.05, 3.63) is 0 Å². The molecule has 2 unspecified atom stereocenters. The summed E-state index contributed by atoms with van der Waals surface area (Å²) in [5.41, 5.74) is 5.42. The van der Waals surface area contributed by atoms with Crippen molar-refractivity contribution in [2.45, 2.75) is 147 Å². The van der Waals surface area contributed by atoms with Gasteiger partial charge in [-0.2, -0.15) is 0 Å². The highest BCUT2D eigenvalue weighted by Crippen LogP contribution is 2.14. The fourth-order valence-corrected chi connectivity index (χ4v) is 5.81. The van der Waals surface area contributed by atoms with Gasteiger partial charge >= 0.3 is 17.9 Å². The number of unbranched alkanes of at least 4 members (excludes halogenated alkanes) is 14. The van der Waals surface area contributed by atoms with Crippen molar-refractivity contribution in [2.75, 3.05) is 72.5 Å². The lowest BCUT2D eigenvalue weighted by Gasteiger charge is -2.14. The van der Waals surface area contributed by atoms with Gasteiger partial charge < -0.3 is 61.3 Å². The van der Waals surface area contributed by atoms with E-state index in [1.165, 1.54) is 38.5 Å². The summed E-state index contributed by atoms with van der Waals surface area (Å²) in [7, 11) is 0. The number of carbonyl (C=O) groups is 7. The monoisotopic (exact) mass is 862 g/mol. The molecule has 0 spiro atoms. The normalized spacial score (nSPS) is 12.0. The summed E-state index contributed by atoms with van der Waals surface area (Å²) in [6.45, 7) is 1.78. The number of aliphatic carboxylic acids is 3. The van der Waals surface area contributed by atoms with E-state index in [2.05, 4.69) is 21.3 Å². The third kappa shape index (κ3) is 39.5. The summed E-state index contributed by atoms with van der Waals surface area (Å²) in [5.74, 6) is -4.27. The first-order chi connectivity index (χ1) is 28.9. The largest absolute Gasteiger partial charge is 0.481 e. The minimum atomic E-state index is -1.19. The molecule has 2 atom stereocenters. The van der Waals surface area contributed by atoms with E-state index < -0.39 is 30.0 Å². The standard InChI is InChI=1S/C41H75N5O14/c42-33(40(53)54)17-15-16-22-43-37(49)31-59-29-28-58-26-24-45-38(50)32-60-30-27-57-25-23-44-35(47)21-20-34(41(55)56)46-36(48)18-13-11-9-7-5-3-1-2-4-6-8-10-12-14-19-39(51)52/h33-34H,1-32,42H2,(H,43,49)(H,44,47)(H,45,50)(H,46,48)(H,51,52)(H,53,54)(H,55,56). The molecule has 0 aliphatic rings. The lowest BCUT2D eigenvalue weighted by molar-refractivity contribution is -0.142. The van der Waals surface area contributed by atoms with Crippen molar-refractivity contribution in [3.63, 3.8) is 0 Å². The zero-order valence-electron chi connectivity index (χ0n) is 35.7. The predicted octanol–water partition coefficient (Wildman–Crippen LogP) is 2.66. The number of hydrogen-bond acceptors (Lipinski definition) is 12. The maximum Gasteiger partial charge on any atom is 0.326 e. The van der Waals surface area contributed by atoms with Gasteiger partial charge in [0, 0.05) is 38.9 Å². The summed E-state index contributed by atoms with van der Waals surface area (Å²) >= 11 is 0. The van der Waals surface area contributed by atoms with Crippen LogP contribution >= 0.6 is 0 Å². The first-order valence-corrected chi connectivity index (χ1v) is 21.8. The lowest BCUT2D eigenvalue weighted by atomic mass is 10.0. The molecule has 0 radical (unpaired) electrons. The maximum atomic E-state index is 12.3. The maximum absolute atomic E-state index is 12.3. The van der Waals surface area contributed by atoms with Crippen LogP contribution in [0.25, 0.3) is 0 Å². The van der Waals surface area contributed by atoms with E-state index in [1.54, 1.807) is 0 Å². The highest BCUT2D eigenvalue weighted by atomic mass is 16.5. The molecule has 0 bridgehead atoms. The highest BCUT2D eigenvalue weighted by molar-refractivity contribution is 5.84. The Labute approximate surface area is 355 Å². The summed E-state index contributed by atoms with van der Waals surface area (Å²) in [5, 5.41) is 37.4. The van der Waals surface area contributed by atoms with Crippen LogP contribution in [0.3, 0.4) is 0 Å². The summed E-state index contributed by atoms with van der Waals surface area (Å²) in [6.07, 6.45) is 17.0. The van der Waals surface area contributed by atoms with E-state index in [0.717, 1.165) is 44.9 Å². The highest BCUT2D eigenvalue weighted by Gasteiger charge is 2.21. The van der Waals surface area contributed by atoms with Gasteiger partial charge in [-0.05, 0) is 38.5 Å². The Morgan fingerprint density at radius 2 is 0.850 bits per heavy atom. The van der Waals surface area contributed by atoms with Gasteiger partial charge in [0.15, 0.2) is 0 Å². The zero-order valence-corrected chi connectivity index (χ0v) is 35.7. The summed E-state index contributed by atoms with van der Waals surface area (Å²) < 4.78 is 21.2. The minimum Gasteiger partial charge on any atom is -0.481 e. The Morgan fingerprint density at radius 1 is 0.417 bits per heavy atom. The average molecular weight is 862 g/mol. The van der Waals surface area contributed by atoms with Crippen molar-refractivity contribution < 1.29 is 67.8 Å². The van der Waals surface area contributed by atoms with Crippen LogP contribution < -0.4 is 27.0 Å². The molecule has 0 saturated heterocycles. The molecule has 0 saturated carbocycles. The molecule has 0 heterocycles. The molecule has 0 aliphatic carbocycles. The van der Waals surface area contributed by atoms with Gasteiger partial charge in [-0.3, -0.25) is 28.8 Å². The van der Waals surface area contributed by atoms with Crippen molar-refractivity contribution in [1.29, 1.82) is 0 Å². The molecule has 0 aliphatic heterocycles. The number of carboxylic acid groups (broad SMARTS) is 3. The number of hydrogen-bond donors (Lipinski definition) is 8. The molecule has 0 aromatic heterocycles. The first kappa shape index (κ1) is 56.1. The first-order valence-electron chi connectivity index (χ1n) is 21.8. The number of carboxylic acids is 3. The Bertz CT molecular complexity index is 1180. The third-order valence-electron chi connectivity index (χ3n) is 9.27. The van der Waals surface area contributed by atoms with Crippen LogP contribution in [0, 0.1) is 0 Å². The Kier molecular flexibility index (Phi) is 37.9. The minimum absolute atomic E-state index is 0.0318. The molecule has 19 nitrogen and oxygen atoms in total. The molecular weight excluding hydrogens is 786 g/mol. The van der Waals surface area contributed by atoms with E-state index in [1.807, 2.05) is 0 Å². The fraction of sp³-hybridized carbons (Fsp3) is 0.829. The second-order valence-electron chi connectivity index (χ2n) is 14.7. The summed E-state index contributed by atoms with van der Waals surface area (Å²) in [6, 6.07) is -2.04. The SMILES string of the molecule is NC(CCCCNC(=O)COCCOCCNC(=O)COCCOCCNC(=O)CCC(NC(=O)CCCCCCCCCCCCCCCCC(=O)O)C(=O)O)C(=O)O. The zero-order chi connectivity index (χ0) is 44.5. The van der Waals surface area contributed by atoms with Crippen LogP contribution in [0.4, 0.5) is 0 Å². The molecular formula is C41H75N5O14. The van der Waals surface area contributed by atoms with Crippen LogP contribution in [0.5, 0.6) is 0 Å². The van der Waals surface area contributed by atoms with Crippen molar-refractivity contribution in [1.82, 2.24) is 21.3 Å². The van der Waals surface area contributed by atoms with Gasteiger partial charge in [0.2, 0.25) is 23.6 Å². The summed E-state index contributed by atoms with van der Waals surface area (Å²) in [4.78, 5) is 80.9. The molecule has 4 amide bonds. The van der Waals surface area contributed by atoms with Gasteiger partial charge in [0.05, 0.1) is 39.6 Å². The molecule has 19 heteroatoms. The lowest BCUT2D eigenvalue weighted by Crippen LogP contribution is -2.41. The third-order valence-corrected chi connectivity index (χ3v) is 9.27. The molecule has 0 fully saturated rings. The van der Waals surface area contributed by atoms with Crippen molar-refractivity contribution in [3.8, 4) is 0 Å². The number of amides is 4. The smallest absolute Gasteiger partial charge is 0.326 e. The van der Waals surface area contributed by atoms with Crippen molar-refractivity contribution in [2.24, 2.45) is 5.73 Å². The Balaban J connectivity index is 3.65. The molecule has 60 heavy (non-hydrogen) atoms. The predicted molar refractivity (Wildman–Crippen MR) is 222 cm³/mol. The average Bonchev–Trinajstić information content (AvgIpc) is 3.20. The van der Waals surface area contributed by atoms with E-state index in [4.69, 9.17) is 34.9 Å². The number of ether oxygens (including phenoxy) is 4. The van der Waals surface area contributed by atoms with Gasteiger partial charge in [0.25, 0.3) is 0 Å². The van der Waals surface area contributed by atoms with Gasteiger partial charge in [0.1, 0.15) is 25.3 Å². The number of nitrogens with one attached hydrogen (secondary N) is 4. The molecule has 348 valence electrons. The Hall–Kier alpha value is -3.91. The van der Waals surface area contributed by atoms with Crippen molar-refractivity contribution >= 4 is 41.5 Å². The molecule has 0 rings (SSSR count). The van der Waals surface area contributed by atoms with Crippen LogP contribution in [0.1, 0.15) is 135 Å². The topological polar surface area (TPSA) is 291 Å². The van der Waals surface area contributed by atoms with Gasteiger partial charge in [-0.15, -0.1) is 0 Å².